The lowest BCUT2D eigenvalue weighted by Crippen LogP contribution is -2.37. The Morgan fingerprint density at radius 3 is 2.64 bits per heavy atom. The summed E-state index contributed by atoms with van der Waals surface area (Å²) < 4.78 is 6.04. The first-order valence-corrected chi connectivity index (χ1v) is 9.19. The van der Waals surface area contributed by atoms with E-state index in [1.54, 1.807) is 11.9 Å². The van der Waals surface area contributed by atoms with Crippen molar-refractivity contribution in [1.29, 1.82) is 0 Å². The number of nitrogens with zero attached hydrogens (tertiary/aromatic N) is 1. The second-order valence-electron chi connectivity index (χ2n) is 6.68. The fourth-order valence-electron chi connectivity index (χ4n) is 3.35. The third kappa shape index (κ3) is 4.35. The molecule has 0 radical (unpaired) electrons. The summed E-state index contributed by atoms with van der Waals surface area (Å²) in [6, 6.07) is 13.7. The van der Waals surface area contributed by atoms with Crippen molar-refractivity contribution in [3.05, 3.63) is 64.2 Å². The van der Waals surface area contributed by atoms with Crippen LogP contribution in [0.1, 0.15) is 36.5 Å². The normalized spacial score (nSPS) is 14.5. The lowest BCUT2D eigenvalue weighted by atomic mass is 9.91. The Kier molecular flexibility index (Phi) is 5.64. The average Bonchev–Trinajstić information content (AvgIpc) is 2.63. The predicted octanol–water partition coefficient (Wildman–Crippen LogP) is 4.64. The van der Waals surface area contributed by atoms with Crippen LogP contribution in [0.15, 0.2) is 42.5 Å². The van der Waals surface area contributed by atoms with Crippen molar-refractivity contribution >= 4 is 17.5 Å². The van der Waals surface area contributed by atoms with Crippen LogP contribution >= 0.6 is 11.6 Å². The van der Waals surface area contributed by atoms with E-state index in [1.807, 2.05) is 43.3 Å². The molecule has 0 bridgehead atoms. The predicted molar refractivity (Wildman–Crippen MR) is 101 cm³/mol. The smallest absolute Gasteiger partial charge is 0.263 e. The van der Waals surface area contributed by atoms with Gasteiger partial charge in [-0.2, -0.15) is 0 Å². The van der Waals surface area contributed by atoms with Crippen molar-refractivity contribution in [3.8, 4) is 5.75 Å². The zero-order valence-corrected chi connectivity index (χ0v) is 15.6. The van der Waals surface area contributed by atoms with Gasteiger partial charge < -0.3 is 9.64 Å². The molecule has 0 heterocycles. The van der Waals surface area contributed by atoms with Gasteiger partial charge in [-0.25, -0.2) is 0 Å². The summed E-state index contributed by atoms with van der Waals surface area (Å²) in [5.74, 6) is 0.835. The molecule has 3 nitrogen and oxygen atoms in total. The molecule has 0 saturated heterocycles. The first-order valence-electron chi connectivity index (χ1n) is 8.81. The zero-order chi connectivity index (χ0) is 17.8. The SMILES string of the molecule is CC(Oc1cccc2c1CCCC2)C(=O)N(C)Cc1ccc(Cl)cc1. The maximum atomic E-state index is 12.7. The second kappa shape index (κ2) is 7.92. The van der Waals surface area contributed by atoms with Crippen molar-refractivity contribution < 1.29 is 9.53 Å². The summed E-state index contributed by atoms with van der Waals surface area (Å²) in [6.45, 7) is 2.36. The number of benzene rings is 2. The molecule has 1 amide bonds. The van der Waals surface area contributed by atoms with E-state index in [4.69, 9.17) is 16.3 Å². The van der Waals surface area contributed by atoms with Crippen LogP contribution in [-0.4, -0.2) is 24.0 Å². The molecule has 1 aliphatic carbocycles. The van der Waals surface area contributed by atoms with Gasteiger partial charge >= 0.3 is 0 Å². The largest absolute Gasteiger partial charge is 0.481 e. The first kappa shape index (κ1) is 17.8. The Hall–Kier alpha value is -2.00. The van der Waals surface area contributed by atoms with E-state index >= 15 is 0 Å². The number of aryl methyl sites for hydroxylation is 1. The molecule has 3 rings (SSSR count). The van der Waals surface area contributed by atoms with E-state index in [-0.39, 0.29) is 5.91 Å². The molecule has 25 heavy (non-hydrogen) atoms. The molecule has 132 valence electrons. The standard InChI is InChI=1S/C21H24ClNO2/c1-15(21(24)23(2)14-16-10-12-18(22)13-11-16)25-20-9-5-7-17-6-3-4-8-19(17)20/h5,7,9-13,15H,3-4,6,8,14H2,1-2H3. The zero-order valence-electron chi connectivity index (χ0n) is 14.8. The van der Waals surface area contributed by atoms with Crippen molar-refractivity contribution in [2.24, 2.45) is 0 Å². The number of hydrogen-bond donors (Lipinski definition) is 0. The highest BCUT2D eigenvalue weighted by Gasteiger charge is 2.22. The monoisotopic (exact) mass is 357 g/mol. The summed E-state index contributed by atoms with van der Waals surface area (Å²) in [6.07, 6.45) is 4.05. The molecule has 0 aliphatic heterocycles. The number of rotatable bonds is 5. The maximum Gasteiger partial charge on any atom is 0.263 e. The van der Waals surface area contributed by atoms with Crippen LogP contribution in [0.25, 0.3) is 0 Å². The number of carbonyl (C=O) groups is 1. The number of amides is 1. The quantitative estimate of drug-likeness (QED) is 0.779. The van der Waals surface area contributed by atoms with Gasteiger partial charge in [-0.1, -0.05) is 35.9 Å². The number of hydrogen-bond acceptors (Lipinski definition) is 2. The van der Waals surface area contributed by atoms with Crippen molar-refractivity contribution in [1.82, 2.24) is 4.90 Å². The molecule has 0 spiro atoms. The van der Waals surface area contributed by atoms with Gasteiger partial charge in [0.25, 0.3) is 5.91 Å². The first-order chi connectivity index (χ1) is 12.0. The third-order valence-electron chi connectivity index (χ3n) is 4.71. The van der Waals surface area contributed by atoms with E-state index in [0.29, 0.717) is 11.6 Å². The lowest BCUT2D eigenvalue weighted by Gasteiger charge is -2.25. The van der Waals surface area contributed by atoms with E-state index in [2.05, 4.69) is 6.07 Å². The number of halogens is 1. The fraction of sp³-hybridized carbons (Fsp3) is 0.381. The minimum Gasteiger partial charge on any atom is -0.481 e. The highest BCUT2D eigenvalue weighted by Crippen LogP contribution is 2.30. The Labute approximate surface area is 154 Å². The van der Waals surface area contributed by atoms with Crippen LogP contribution in [0, 0.1) is 0 Å². The summed E-state index contributed by atoms with van der Waals surface area (Å²) >= 11 is 5.91. The molecule has 1 atom stereocenters. The molecule has 0 saturated carbocycles. The molecule has 4 heteroatoms. The van der Waals surface area contributed by atoms with Gasteiger partial charge in [0.15, 0.2) is 6.10 Å². The topological polar surface area (TPSA) is 29.5 Å². The molecule has 2 aromatic rings. The molecule has 0 N–H and O–H groups in total. The lowest BCUT2D eigenvalue weighted by molar-refractivity contribution is -0.137. The minimum atomic E-state index is -0.509. The second-order valence-corrected chi connectivity index (χ2v) is 7.12. The third-order valence-corrected chi connectivity index (χ3v) is 4.97. The summed E-state index contributed by atoms with van der Waals surface area (Å²) in [4.78, 5) is 14.4. The number of ether oxygens (including phenoxy) is 1. The molecule has 1 unspecified atom stereocenters. The van der Waals surface area contributed by atoms with Crippen LogP contribution in [0.2, 0.25) is 5.02 Å². The summed E-state index contributed by atoms with van der Waals surface area (Å²) in [5.41, 5.74) is 3.68. The van der Waals surface area contributed by atoms with E-state index in [0.717, 1.165) is 24.2 Å². The highest BCUT2D eigenvalue weighted by molar-refractivity contribution is 6.30. The van der Waals surface area contributed by atoms with E-state index in [9.17, 15) is 4.79 Å². The van der Waals surface area contributed by atoms with E-state index < -0.39 is 6.10 Å². The van der Waals surface area contributed by atoms with Crippen molar-refractivity contribution in [3.63, 3.8) is 0 Å². The molecule has 1 aliphatic rings. The van der Waals surface area contributed by atoms with Crippen LogP contribution in [0.4, 0.5) is 0 Å². The maximum absolute atomic E-state index is 12.7. The Morgan fingerprint density at radius 2 is 1.88 bits per heavy atom. The fourth-order valence-corrected chi connectivity index (χ4v) is 3.48. The van der Waals surface area contributed by atoms with Gasteiger partial charge in [0.1, 0.15) is 5.75 Å². The number of carbonyl (C=O) groups excluding carboxylic acids is 1. The van der Waals surface area contributed by atoms with Gasteiger partial charge in [-0.3, -0.25) is 4.79 Å². The van der Waals surface area contributed by atoms with Gasteiger partial charge in [0, 0.05) is 18.6 Å². The van der Waals surface area contributed by atoms with Crippen molar-refractivity contribution in [2.75, 3.05) is 7.05 Å². The molecule has 0 aromatic heterocycles. The van der Waals surface area contributed by atoms with Crippen LogP contribution < -0.4 is 4.74 Å². The van der Waals surface area contributed by atoms with Gasteiger partial charge in [0.05, 0.1) is 0 Å². The van der Waals surface area contributed by atoms with Crippen LogP contribution in [0.3, 0.4) is 0 Å². The van der Waals surface area contributed by atoms with Crippen LogP contribution in [-0.2, 0) is 24.2 Å². The van der Waals surface area contributed by atoms with E-state index in [1.165, 1.54) is 24.0 Å². The Balaban J connectivity index is 1.65. The van der Waals surface area contributed by atoms with Gasteiger partial charge in [0.2, 0.25) is 0 Å². The molecular weight excluding hydrogens is 334 g/mol. The average molecular weight is 358 g/mol. The van der Waals surface area contributed by atoms with Crippen LogP contribution in [0.5, 0.6) is 5.75 Å². The van der Waals surface area contributed by atoms with Crippen molar-refractivity contribution in [2.45, 2.75) is 45.3 Å². The number of fused-ring (bicyclic) bond motifs is 1. The summed E-state index contributed by atoms with van der Waals surface area (Å²) in [7, 11) is 1.80. The molecule has 0 fully saturated rings. The summed E-state index contributed by atoms with van der Waals surface area (Å²) in [5, 5.41) is 0.697. The molecular formula is C21H24ClNO2. The highest BCUT2D eigenvalue weighted by atomic mass is 35.5. The Bertz CT molecular complexity index is 742. The molecule has 2 aromatic carbocycles. The number of likely N-dealkylation sites (N-methyl/N-ethyl adjacent to an activating group) is 1. The van der Waals surface area contributed by atoms with Gasteiger partial charge in [-0.05, 0) is 67.5 Å². The van der Waals surface area contributed by atoms with Gasteiger partial charge in [-0.15, -0.1) is 0 Å². The minimum absolute atomic E-state index is 0.0247. The Morgan fingerprint density at radius 1 is 1.16 bits per heavy atom.